The second-order valence-corrected chi connectivity index (χ2v) is 8.38. The van der Waals surface area contributed by atoms with Crippen molar-refractivity contribution < 1.29 is 27.5 Å². The molecule has 0 N–H and O–H groups in total. The quantitative estimate of drug-likeness (QED) is 0.685. The fraction of sp³-hybridized carbons (Fsp3) is 0.417. The van der Waals surface area contributed by atoms with Gasteiger partial charge in [-0.1, -0.05) is 18.2 Å². The number of anilines is 1. The van der Waals surface area contributed by atoms with Gasteiger partial charge in [0.2, 0.25) is 11.8 Å². The average molecular weight is 461 g/mol. The molecule has 0 aromatic heterocycles. The molecule has 0 saturated carbocycles. The number of methoxy groups -OCH3 is 1. The van der Waals surface area contributed by atoms with Crippen LogP contribution in [-0.2, 0) is 22.3 Å². The largest absolute Gasteiger partial charge is 0.497 e. The third-order valence-electron chi connectivity index (χ3n) is 6.23. The normalized spacial score (nSPS) is 19.2. The number of ether oxygens (including phenoxy) is 1. The van der Waals surface area contributed by atoms with Gasteiger partial charge in [0, 0.05) is 51.4 Å². The minimum Gasteiger partial charge on any atom is -0.497 e. The van der Waals surface area contributed by atoms with Gasteiger partial charge in [-0.3, -0.25) is 9.59 Å². The van der Waals surface area contributed by atoms with Crippen LogP contribution < -0.4 is 9.64 Å². The molecule has 2 saturated heterocycles. The molecule has 2 aliphatic heterocycles. The van der Waals surface area contributed by atoms with Crippen molar-refractivity contribution in [3.8, 4) is 5.75 Å². The molecule has 4 rings (SSSR count). The number of piperazine rings is 1. The maximum absolute atomic E-state index is 13.0. The fourth-order valence-corrected chi connectivity index (χ4v) is 4.36. The van der Waals surface area contributed by atoms with E-state index in [9.17, 15) is 22.8 Å². The van der Waals surface area contributed by atoms with E-state index in [4.69, 9.17) is 4.74 Å². The van der Waals surface area contributed by atoms with Gasteiger partial charge in [0.1, 0.15) is 5.75 Å². The van der Waals surface area contributed by atoms with Gasteiger partial charge in [0.15, 0.2) is 0 Å². The third-order valence-corrected chi connectivity index (χ3v) is 6.23. The van der Waals surface area contributed by atoms with E-state index in [0.29, 0.717) is 45.0 Å². The van der Waals surface area contributed by atoms with Crippen molar-refractivity contribution >= 4 is 17.5 Å². The predicted octanol–water partition coefficient (Wildman–Crippen LogP) is 3.41. The minimum absolute atomic E-state index is 0.0493. The Hall–Kier alpha value is -3.23. The first kappa shape index (κ1) is 22.9. The summed E-state index contributed by atoms with van der Waals surface area (Å²) in [5.74, 6) is 0.232. The number of hydrogen-bond donors (Lipinski definition) is 0. The van der Waals surface area contributed by atoms with Gasteiger partial charge >= 0.3 is 6.18 Å². The number of benzene rings is 2. The Morgan fingerprint density at radius 1 is 1.06 bits per heavy atom. The number of hydrogen-bond acceptors (Lipinski definition) is 4. The molecule has 2 aliphatic rings. The number of rotatable bonds is 5. The Morgan fingerprint density at radius 3 is 2.39 bits per heavy atom. The molecule has 176 valence electrons. The van der Waals surface area contributed by atoms with Gasteiger partial charge < -0.3 is 19.4 Å². The highest BCUT2D eigenvalue weighted by atomic mass is 19.4. The van der Waals surface area contributed by atoms with Gasteiger partial charge in [-0.05, 0) is 35.9 Å². The molecule has 0 aliphatic carbocycles. The van der Waals surface area contributed by atoms with Crippen LogP contribution in [0.25, 0.3) is 0 Å². The molecule has 2 amide bonds. The van der Waals surface area contributed by atoms with E-state index in [0.717, 1.165) is 23.4 Å². The maximum atomic E-state index is 13.0. The highest BCUT2D eigenvalue weighted by Crippen LogP contribution is 2.32. The van der Waals surface area contributed by atoms with E-state index < -0.39 is 17.7 Å². The lowest BCUT2D eigenvalue weighted by molar-refractivity contribution is -0.137. The summed E-state index contributed by atoms with van der Waals surface area (Å²) in [4.78, 5) is 30.8. The van der Waals surface area contributed by atoms with Crippen molar-refractivity contribution in [2.45, 2.75) is 19.1 Å². The number of amides is 2. The zero-order valence-corrected chi connectivity index (χ0v) is 18.3. The molecule has 33 heavy (non-hydrogen) atoms. The molecular formula is C24H26F3N3O3. The molecule has 2 aromatic rings. The molecule has 0 radical (unpaired) electrons. The lowest BCUT2D eigenvalue weighted by atomic mass is 10.1. The Bertz CT molecular complexity index is 1000. The summed E-state index contributed by atoms with van der Waals surface area (Å²) in [5.41, 5.74) is 0.783. The lowest BCUT2D eigenvalue weighted by Crippen LogP contribution is -2.50. The number of halogens is 3. The van der Waals surface area contributed by atoms with Crippen LogP contribution in [0.2, 0.25) is 0 Å². The van der Waals surface area contributed by atoms with Crippen molar-refractivity contribution in [1.82, 2.24) is 9.80 Å². The van der Waals surface area contributed by atoms with Gasteiger partial charge in [-0.25, -0.2) is 0 Å². The second-order valence-electron chi connectivity index (χ2n) is 8.38. The predicted molar refractivity (Wildman–Crippen MR) is 117 cm³/mol. The van der Waals surface area contributed by atoms with Crippen LogP contribution >= 0.6 is 0 Å². The Balaban J connectivity index is 1.32. The summed E-state index contributed by atoms with van der Waals surface area (Å²) in [6.45, 7) is 2.54. The minimum atomic E-state index is -4.39. The molecule has 2 aromatic carbocycles. The summed E-state index contributed by atoms with van der Waals surface area (Å²) >= 11 is 0. The summed E-state index contributed by atoms with van der Waals surface area (Å²) in [6, 6.07) is 12.7. The summed E-state index contributed by atoms with van der Waals surface area (Å²) in [5, 5.41) is 0. The number of carbonyl (C=O) groups excluding carboxylic acids is 2. The maximum Gasteiger partial charge on any atom is 0.416 e. The Kier molecular flexibility index (Phi) is 6.49. The second kappa shape index (κ2) is 9.33. The Morgan fingerprint density at radius 2 is 1.76 bits per heavy atom. The first-order chi connectivity index (χ1) is 15.7. The number of nitrogens with zero attached hydrogens (tertiary/aromatic N) is 3. The monoisotopic (exact) mass is 461 g/mol. The van der Waals surface area contributed by atoms with Crippen LogP contribution in [0.4, 0.5) is 18.9 Å². The SMILES string of the molecule is COc1ccc(CN2C[C@H](C(=O)N3CCN(c4cccc(C(F)(F)F)c4)CC3)CC2=O)cc1. The average Bonchev–Trinajstić information content (AvgIpc) is 3.19. The van der Waals surface area contributed by atoms with Crippen LogP contribution in [0.15, 0.2) is 48.5 Å². The molecule has 6 nitrogen and oxygen atoms in total. The van der Waals surface area contributed by atoms with E-state index in [1.807, 2.05) is 29.2 Å². The van der Waals surface area contributed by atoms with E-state index >= 15 is 0 Å². The summed E-state index contributed by atoms with van der Waals surface area (Å²) < 4.78 is 44.2. The van der Waals surface area contributed by atoms with Gasteiger partial charge in [0.05, 0.1) is 18.6 Å². The number of likely N-dealkylation sites (tertiary alicyclic amines) is 1. The summed E-state index contributed by atoms with van der Waals surface area (Å²) in [6.07, 6.45) is -4.21. The van der Waals surface area contributed by atoms with Crippen molar-refractivity contribution in [2.75, 3.05) is 44.7 Å². The van der Waals surface area contributed by atoms with Crippen LogP contribution in [-0.4, -0.2) is 61.4 Å². The van der Waals surface area contributed by atoms with Gasteiger partial charge in [0.25, 0.3) is 0 Å². The molecule has 1 atom stereocenters. The lowest BCUT2D eigenvalue weighted by Gasteiger charge is -2.37. The van der Waals surface area contributed by atoms with Gasteiger partial charge in [-0.15, -0.1) is 0 Å². The standard InChI is InChI=1S/C24H26F3N3O3/c1-33-21-7-5-17(6-8-21)15-30-16-18(13-22(30)31)23(32)29-11-9-28(10-12-29)20-4-2-3-19(14-20)24(25,26)27/h2-8,14,18H,9-13,15-16H2,1H3/t18-/m1/s1. The number of carbonyl (C=O) groups is 2. The van der Waals surface area contributed by atoms with E-state index in [-0.39, 0.29) is 18.2 Å². The topological polar surface area (TPSA) is 53.1 Å². The summed E-state index contributed by atoms with van der Waals surface area (Å²) in [7, 11) is 1.59. The van der Waals surface area contributed by atoms with Crippen molar-refractivity contribution in [2.24, 2.45) is 5.92 Å². The van der Waals surface area contributed by atoms with Crippen molar-refractivity contribution in [3.05, 3.63) is 59.7 Å². The first-order valence-electron chi connectivity index (χ1n) is 10.9. The van der Waals surface area contributed by atoms with Crippen LogP contribution in [0, 0.1) is 5.92 Å². The van der Waals surface area contributed by atoms with Crippen LogP contribution in [0.1, 0.15) is 17.5 Å². The van der Waals surface area contributed by atoms with Crippen molar-refractivity contribution in [3.63, 3.8) is 0 Å². The smallest absolute Gasteiger partial charge is 0.416 e. The molecular weight excluding hydrogens is 435 g/mol. The van der Waals surface area contributed by atoms with Crippen LogP contribution in [0.5, 0.6) is 5.75 Å². The number of alkyl halides is 3. The van der Waals surface area contributed by atoms with E-state index in [2.05, 4.69) is 0 Å². The fourth-order valence-electron chi connectivity index (χ4n) is 4.36. The van der Waals surface area contributed by atoms with E-state index in [1.54, 1.807) is 23.0 Å². The van der Waals surface area contributed by atoms with Gasteiger partial charge in [-0.2, -0.15) is 13.2 Å². The first-order valence-corrected chi connectivity index (χ1v) is 10.9. The zero-order chi connectivity index (χ0) is 23.6. The molecule has 0 unspecified atom stereocenters. The third kappa shape index (κ3) is 5.23. The zero-order valence-electron chi connectivity index (χ0n) is 18.3. The highest BCUT2D eigenvalue weighted by molar-refractivity contribution is 5.89. The molecule has 2 heterocycles. The van der Waals surface area contributed by atoms with Crippen molar-refractivity contribution in [1.29, 1.82) is 0 Å². The van der Waals surface area contributed by atoms with Crippen LogP contribution in [0.3, 0.4) is 0 Å². The highest BCUT2D eigenvalue weighted by Gasteiger charge is 2.37. The molecule has 2 fully saturated rings. The Labute approximate surface area is 190 Å². The molecule has 0 spiro atoms. The molecule has 9 heteroatoms. The molecule has 0 bridgehead atoms. The van der Waals surface area contributed by atoms with E-state index in [1.165, 1.54) is 6.07 Å².